The van der Waals surface area contributed by atoms with Gasteiger partial charge in [-0.15, -0.1) is 0 Å². The molecule has 0 aromatic heterocycles. The molecular weight excluding hydrogens is 458 g/mol. The van der Waals surface area contributed by atoms with Gasteiger partial charge in [0.15, 0.2) is 5.11 Å². The van der Waals surface area contributed by atoms with Crippen LogP contribution in [0.3, 0.4) is 0 Å². The minimum Gasteiger partial charge on any atom is -0.507 e. The molecule has 0 aliphatic heterocycles. The molecule has 0 atom stereocenters. The standard InChI is InChI=1S/C20H16BrN3O4S/c1-28-17-7-6-13(9-15(17)21)18(26)22-20(29)24-23-19(27)14-8-11-4-2-3-5-12(11)10-16(14)25/h2-10,25H,1H3,(H,23,27)(H2,22,24,26,29). The summed E-state index contributed by atoms with van der Waals surface area (Å²) in [7, 11) is 1.52. The molecule has 4 N–H and O–H groups in total. The zero-order chi connectivity index (χ0) is 21.0. The van der Waals surface area contributed by atoms with E-state index in [1.54, 1.807) is 24.3 Å². The highest BCUT2D eigenvalue weighted by atomic mass is 79.9. The number of nitrogens with one attached hydrogen (secondary N) is 3. The highest BCUT2D eigenvalue weighted by Gasteiger charge is 2.14. The number of phenolic OH excluding ortho intramolecular Hbond substituents is 1. The molecule has 148 valence electrons. The Morgan fingerprint density at radius 2 is 1.69 bits per heavy atom. The van der Waals surface area contributed by atoms with E-state index in [0.29, 0.717) is 15.8 Å². The van der Waals surface area contributed by atoms with E-state index in [1.807, 2.05) is 24.3 Å². The number of fused-ring (bicyclic) bond motifs is 1. The van der Waals surface area contributed by atoms with E-state index in [2.05, 4.69) is 32.1 Å². The number of phenols is 1. The molecule has 0 heterocycles. The van der Waals surface area contributed by atoms with Crippen molar-refractivity contribution in [1.29, 1.82) is 0 Å². The number of carbonyl (C=O) groups is 2. The zero-order valence-electron chi connectivity index (χ0n) is 15.2. The molecule has 0 saturated carbocycles. The van der Waals surface area contributed by atoms with Crippen LogP contribution in [0.1, 0.15) is 20.7 Å². The lowest BCUT2D eigenvalue weighted by Gasteiger charge is -2.12. The van der Waals surface area contributed by atoms with Gasteiger partial charge in [-0.1, -0.05) is 24.3 Å². The molecule has 3 aromatic carbocycles. The second-order valence-electron chi connectivity index (χ2n) is 5.93. The van der Waals surface area contributed by atoms with Gasteiger partial charge in [0.1, 0.15) is 11.5 Å². The Bertz CT molecular complexity index is 1120. The monoisotopic (exact) mass is 473 g/mol. The lowest BCUT2D eigenvalue weighted by atomic mass is 10.1. The number of aromatic hydroxyl groups is 1. The first-order valence-corrected chi connectivity index (χ1v) is 9.56. The summed E-state index contributed by atoms with van der Waals surface area (Å²) in [4.78, 5) is 24.6. The molecule has 0 spiro atoms. The van der Waals surface area contributed by atoms with Crippen LogP contribution in [0.5, 0.6) is 11.5 Å². The Balaban J connectivity index is 1.61. The van der Waals surface area contributed by atoms with E-state index in [1.165, 1.54) is 13.2 Å². The van der Waals surface area contributed by atoms with Crippen LogP contribution in [-0.4, -0.2) is 29.1 Å². The number of ether oxygens (including phenoxy) is 1. The number of benzene rings is 3. The lowest BCUT2D eigenvalue weighted by molar-refractivity contribution is 0.0932. The molecular formula is C20H16BrN3O4S. The SMILES string of the molecule is COc1ccc(C(=O)NC(=S)NNC(=O)c2cc3ccccc3cc2O)cc1Br. The number of hydrogen-bond donors (Lipinski definition) is 4. The van der Waals surface area contributed by atoms with Crippen LogP contribution in [-0.2, 0) is 0 Å². The van der Waals surface area contributed by atoms with Gasteiger partial charge in [-0.25, -0.2) is 0 Å². The molecule has 0 aliphatic rings. The van der Waals surface area contributed by atoms with Crippen molar-refractivity contribution < 1.29 is 19.4 Å². The highest BCUT2D eigenvalue weighted by Crippen LogP contribution is 2.26. The number of rotatable bonds is 3. The van der Waals surface area contributed by atoms with Crippen molar-refractivity contribution in [2.75, 3.05) is 7.11 Å². The Hall–Kier alpha value is -3.17. The predicted octanol–water partition coefficient (Wildman–Crippen LogP) is 3.27. The molecule has 3 aromatic rings. The number of hydrazine groups is 1. The third kappa shape index (κ3) is 4.82. The van der Waals surface area contributed by atoms with Crippen molar-refractivity contribution >= 4 is 55.8 Å². The first-order chi connectivity index (χ1) is 13.9. The summed E-state index contributed by atoms with van der Waals surface area (Å²) in [5.41, 5.74) is 5.22. The topological polar surface area (TPSA) is 99.7 Å². The summed E-state index contributed by atoms with van der Waals surface area (Å²) in [6.07, 6.45) is 0. The lowest BCUT2D eigenvalue weighted by Crippen LogP contribution is -2.48. The van der Waals surface area contributed by atoms with E-state index in [-0.39, 0.29) is 16.4 Å². The van der Waals surface area contributed by atoms with Crippen LogP contribution in [0, 0.1) is 0 Å². The molecule has 0 fully saturated rings. The van der Waals surface area contributed by atoms with Crippen molar-refractivity contribution in [3.05, 3.63) is 70.2 Å². The molecule has 9 heteroatoms. The van der Waals surface area contributed by atoms with Crippen molar-refractivity contribution in [1.82, 2.24) is 16.2 Å². The third-order valence-electron chi connectivity index (χ3n) is 4.04. The first-order valence-electron chi connectivity index (χ1n) is 8.36. The average Bonchev–Trinajstić information content (AvgIpc) is 2.71. The summed E-state index contributed by atoms with van der Waals surface area (Å²) in [6, 6.07) is 15.2. The fourth-order valence-corrected chi connectivity index (χ4v) is 3.29. The Morgan fingerprint density at radius 3 is 2.34 bits per heavy atom. The molecule has 0 bridgehead atoms. The van der Waals surface area contributed by atoms with Crippen molar-refractivity contribution in [3.8, 4) is 11.5 Å². The van der Waals surface area contributed by atoms with Crippen LogP contribution in [0.25, 0.3) is 10.8 Å². The van der Waals surface area contributed by atoms with Gasteiger partial charge in [-0.3, -0.25) is 25.8 Å². The molecule has 0 radical (unpaired) electrons. The van der Waals surface area contributed by atoms with Gasteiger partial charge in [-0.2, -0.15) is 0 Å². The number of hydrogen-bond acceptors (Lipinski definition) is 5. The number of halogens is 1. The number of thiocarbonyl (C=S) groups is 1. The predicted molar refractivity (Wildman–Crippen MR) is 117 cm³/mol. The van der Waals surface area contributed by atoms with Crippen LogP contribution >= 0.6 is 28.1 Å². The molecule has 3 rings (SSSR count). The van der Waals surface area contributed by atoms with E-state index < -0.39 is 11.8 Å². The summed E-state index contributed by atoms with van der Waals surface area (Å²) in [6.45, 7) is 0. The van der Waals surface area contributed by atoms with Crippen LogP contribution in [0.15, 0.2) is 59.1 Å². The van der Waals surface area contributed by atoms with Gasteiger partial charge < -0.3 is 9.84 Å². The summed E-state index contributed by atoms with van der Waals surface area (Å²) < 4.78 is 5.74. The Kier molecular flexibility index (Phi) is 6.30. The molecule has 29 heavy (non-hydrogen) atoms. The van der Waals surface area contributed by atoms with Crippen LogP contribution in [0.4, 0.5) is 0 Å². The molecule has 0 unspecified atom stereocenters. The van der Waals surface area contributed by atoms with E-state index in [9.17, 15) is 14.7 Å². The smallest absolute Gasteiger partial charge is 0.273 e. The first kappa shape index (κ1) is 20.6. The third-order valence-corrected chi connectivity index (χ3v) is 4.86. The number of amides is 2. The van der Waals surface area contributed by atoms with Gasteiger partial charge in [0.2, 0.25) is 0 Å². The Morgan fingerprint density at radius 1 is 1.00 bits per heavy atom. The molecule has 2 amide bonds. The second kappa shape index (κ2) is 8.89. The molecule has 0 aliphatic carbocycles. The molecule has 0 saturated heterocycles. The number of carbonyl (C=O) groups excluding carboxylic acids is 2. The van der Waals surface area contributed by atoms with Crippen molar-refractivity contribution in [2.45, 2.75) is 0 Å². The van der Waals surface area contributed by atoms with E-state index in [0.717, 1.165) is 10.8 Å². The van der Waals surface area contributed by atoms with Crippen LogP contribution < -0.4 is 20.9 Å². The van der Waals surface area contributed by atoms with Crippen molar-refractivity contribution in [3.63, 3.8) is 0 Å². The summed E-state index contributed by atoms with van der Waals surface area (Å²) in [5, 5.41) is 14.1. The quantitative estimate of drug-likeness (QED) is 0.344. The minimum atomic E-state index is -0.600. The minimum absolute atomic E-state index is 0.0735. The number of methoxy groups -OCH3 is 1. The highest BCUT2D eigenvalue weighted by molar-refractivity contribution is 9.10. The van der Waals surface area contributed by atoms with E-state index in [4.69, 9.17) is 17.0 Å². The van der Waals surface area contributed by atoms with Crippen molar-refractivity contribution in [2.24, 2.45) is 0 Å². The fourth-order valence-electron chi connectivity index (χ4n) is 2.61. The maximum absolute atomic E-state index is 12.4. The maximum atomic E-state index is 12.4. The Labute approximate surface area is 180 Å². The van der Waals surface area contributed by atoms with Gasteiger partial charge in [0.05, 0.1) is 17.1 Å². The fraction of sp³-hybridized carbons (Fsp3) is 0.0500. The second-order valence-corrected chi connectivity index (χ2v) is 7.19. The van der Waals surface area contributed by atoms with Crippen LogP contribution in [0.2, 0.25) is 0 Å². The normalized spacial score (nSPS) is 10.3. The van der Waals surface area contributed by atoms with Gasteiger partial charge >= 0.3 is 0 Å². The summed E-state index contributed by atoms with van der Waals surface area (Å²) >= 11 is 8.34. The van der Waals surface area contributed by atoms with E-state index >= 15 is 0 Å². The largest absolute Gasteiger partial charge is 0.507 e. The average molecular weight is 474 g/mol. The van der Waals surface area contributed by atoms with Gasteiger partial charge in [-0.05, 0) is 69.3 Å². The van der Waals surface area contributed by atoms with Gasteiger partial charge in [0.25, 0.3) is 11.8 Å². The van der Waals surface area contributed by atoms with Gasteiger partial charge in [0, 0.05) is 5.56 Å². The molecule has 7 nitrogen and oxygen atoms in total. The maximum Gasteiger partial charge on any atom is 0.273 e. The zero-order valence-corrected chi connectivity index (χ0v) is 17.6. The summed E-state index contributed by atoms with van der Waals surface area (Å²) in [5.74, 6) is -0.642.